The Labute approximate surface area is 274 Å². The van der Waals surface area contributed by atoms with Crippen LogP contribution in [0.25, 0.3) is 0 Å². The summed E-state index contributed by atoms with van der Waals surface area (Å²) >= 11 is 2.47. The fraction of sp³-hybridized carbons (Fsp3) is 0.280. The molecule has 3 atom stereocenters. The number of β-lactam (4-membered cyclic amide) rings is 1. The number of carbonyl (C=O) groups is 4. The minimum atomic E-state index is -1.53. The molecule has 0 saturated carbocycles. The van der Waals surface area contributed by atoms with Gasteiger partial charge in [-0.25, -0.2) is 4.68 Å². The first-order valence-electron chi connectivity index (χ1n) is 12.4. The van der Waals surface area contributed by atoms with Gasteiger partial charge in [0.1, 0.15) is 28.8 Å². The van der Waals surface area contributed by atoms with Gasteiger partial charge in [0.2, 0.25) is 11.1 Å². The van der Waals surface area contributed by atoms with E-state index in [2.05, 4.69) is 31.1 Å². The van der Waals surface area contributed by atoms with E-state index in [0.717, 1.165) is 4.90 Å². The molecule has 3 amide bonds. The van der Waals surface area contributed by atoms with E-state index in [1.807, 2.05) is 0 Å². The molecule has 1 fully saturated rings. The quantitative estimate of drug-likeness (QED) is 0.0997. The van der Waals surface area contributed by atoms with E-state index in [9.17, 15) is 34.2 Å². The number of amides is 3. The first kappa shape index (κ1) is 32.3. The van der Waals surface area contributed by atoms with Crippen LogP contribution in [0, 0.1) is 6.92 Å². The second-order valence-electron chi connectivity index (χ2n) is 9.40. The summed E-state index contributed by atoms with van der Waals surface area (Å²) in [6.45, 7) is 1.65. The van der Waals surface area contributed by atoms with Gasteiger partial charge in [-0.15, -0.1) is 16.9 Å². The fourth-order valence-corrected chi connectivity index (χ4v) is 6.78. The Balaban J connectivity index is 0.00000423. The first-order chi connectivity index (χ1) is 20.0. The third-order valence-electron chi connectivity index (χ3n) is 6.56. The van der Waals surface area contributed by atoms with Crippen molar-refractivity contribution in [2.45, 2.75) is 29.5 Å². The number of aromatic nitrogens is 5. The maximum absolute atomic E-state index is 13.5. The number of aromatic hydroxyl groups is 1. The zero-order chi connectivity index (χ0) is 30.1. The SMILES string of the molecule is Cc1cc(=O)c(C(=O)N[C@@H](C(=O)N[C@@H]2C(=O)N3C(C(=O)[O-])=C(CSc4nnnn4C)CSC23)c2ccc(O)cc2)c[nH]1.[Na+]. The minimum Gasteiger partial charge on any atom is -0.543 e. The first-order valence-corrected chi connectivity index (χ1v) is 14.4. The molecule has 2 aliphatic heterocycles. The number of carbonyl (C=O) groups excluding carboxylic acids is 4. The normalized spacial score (nSPS) is 18.2. The fourth-order valence-electron chi connectivity index (χ4n) is 4.44. The Morgan fingerprint density at radius 1 is 1.26 bits per heavy atom. The van der Waals surface area contributed by atoms with Gasteiger partial charge in [-0.05, 0) is 40.6 Å². The maximum Gasteiger partial charge on any atom is 1.00 e. The van der Waals surface area contributed by atoms with Crippen LogP contribution in [0.1, 0.15) is 27.7 Å². The second-order valence-corrected chi connectivity index (χ2v) is 11.4. The van der Waals surface area contributed by atoms with Crippen LogP contribution in [0.5, 0.6) is 5.75 Å². The molecule has 218 valence electrons. The number of aromatic amines is 1. The van der Waals surface area contributed by atoms with E-state index in [-0.39, 0.29) is 63.6 Å². The molecular formula is C25H23N8NaO7S2. The van der Waals surface area contributed by atoms with Gasteiger partial charge in [-0.2, -0.15) is 0 Å². The summed E-state index contributed by atoms with van der Waals surface area (Å²) in [5.41, 5.74) is 0.216. The van der Waals surface area contributed by atoms with Crippen molar-refractivity contribution in [3.05, 3.63) is 74.8 Å². The molecule has 1 aromatic carbocycles. The van der Waals surface area contributed by atoms with E-state index in [0.29, 0.717) is 16.4 Å². The van der Waals surface area contributed by atoms with Crippen molar-refractivity contribution >= 4 is 47.2 Å². The van der Waals surface area contributed by atoms with Crippen molar-refractivity contribution in [2.75, 3.05) is 11.5 Å². The number of carboxylic acids is 1. The van der Waals surface area contributed by atoms with Crippen molar-refractivity contribution in [1.82, 2.24) is 40.7 Å². The largest absolute Gasteiger partial charge is 1.00 e. The zero-order valence-electron chi connectivity index (χ0n) is 23.1. The average Bonchev–Trinajstić information content (AvgIpc) is 3.37. The Hall–Kier alpha value is -3.64. The molecule has 4 N–H and O–H groups in total. The van der Waals surface area contributed by atoms with E-state index in [4.69, 9.17) is 0 Å². The number of phenols is 1. The molecule has 3 aromatic rings. The smallest absolute Gasteiger partial charge is 0.543 e. The van der Waals surface area contributed by atoms with Gasteiger partial charge in [-0.1, -0.05) is 23.9 Å². The zero-order valence-corrected chi connectivity index (χ0v) is 26.7. The molecule has 18 heteroatoms. The molecule has 0 bridgehead atoms. The van der Waals surface area contributed by atoms with Crippen LogP contribution >= 0.6 is 23.5 Å². The number of nitrogens with zero attached hydrogens (tertiary/aromatic N) is 5. The van der Waals surface area contributed by atoms with Crippen molar-refractivity contribution in [1.29, 1.82) is 0 Å². The average molecular weight is 635 g/mol. The number of carboxylic acid groups (broad SMARTS) is 1. The van der Waals surface area contributed by atoms with Crippen LogP contribution in [0.3, 0.4) is 0 Å². The molecule has 1 unspecified atom stereocenters. The summed E-state index contributed by atoms with van der Waals surface area (Å²) in [6.07, 6.45) is 1.23. The van der Waals surface area contributed by atoms with Gasteiger partial charge >= 0.3 is 29.6 Å². The van der Waals surface area contributed by atoms with Crippen LogP contribution < -0.4 is 50.7 Å². The predicted octanol–water partition coefficient (Wildman–Crippen LogP) is -4.42. The summed E-state index contributed by atoms with van der Waals surface area (Å²) in [5.74, 6) is -3.42. The molecule has 15 nitrogen and oxygen atoms in total. The number of benzene rings is 1. The Morgan fingerprint density at radius 2 is 1.98 bits per heavy atom. The Kier molecular flexibility index (Phi) is 10.0. The number of hydrogen-bond donors (Lipinski definition) is 4. The molecule has 0 aliphatic carbocycles. The third kappa shape index (κ3) is 6.65. The molecule has 5 rings (SSSR count). The summed E-state index contributed by atoms with van der Waals surface area (Å²) in [7, 11) is 1.64. The number of fused-ring (bicyclic) bond motifs is 1. The predicted molar refractivity (Wildman–Crippen MR) is 147 cm³/mol. The number of pyridine rings is 1. The molecule has 0 radical (unpaired) electrons. The number of tetrazole rings is 1. The van der Waals surface area contributed by atoms with Crippen molar-refractivity contribution in [2.24, 2.45) is 7.05 Å². The number of phenolic OH excluding ortho intramolecular Hbond substituents is 1. The van der Waals surface area contributed by atoms with Gasteiger partial charge in [0.15, 0.2) is 5.43 Å². The molecule has 43 heavy (non-hydrogen) atoms. The van der Waals surface area contributed by atoms with Gasteiger partial charge in [0.05, 0.1) is 11.7 Å². The molecule has 2 aromatic heterocycles. The van der Waals surface area contributed by atoms with Gasteiger partial charge in [0, 0.05) is 36.5 Å². The van der Waals surface area contributed by atoms with Gasteiger partial charge in [0.25, 0.3) is 11.8 Å². The number of hydrogen-bond acceptors (Lipinski definition) is 12. The number of nitrogens with one attached hydrogen (secondary N) is 3. The number of rotatable bonds is 9. The van der Waals surface area contributed by atoms with Crippen LogP contribution in [-0.4, -0.2) is 81.8 Å². The second kappa shape index (κ2) is 13.3. The topological polar surface area (TPSA) is 215 Å². The molecular weight excluding hydrogens is 611 g/mol. The van der Waals surface area contributed by atoms with Crippen LogP contribution in [-0.2, 0) is 21.4 Å². The molecule has 1 saturated heterocycles. The van der Waals surface area contributed by atoms with E-state index in [1.165, 1.54) is 64.7 Å². The summed E-state index contributed by atoms with van der Waals surface area (Å²) in [5, 5.41) is 37.8. The summed E-state index contributed by atoms with van der Waals surface area (Å²) in [4.78, 5) is 67.9. The molecule has 4 heterocycles. The van der Waals surface area contributed by atoms with Crippen molar-refractivity contribution in [3.8, 4) is 5.75 Å². The number of aryl methyl sites for hydroxylation is 2. The standard InChI is InChI=1S/C25H24N8O7S2.Na/c1-11-7-16(35)15(8-26-11)20(36)27-17(12-3-5-14(34)6-4-12)21(37)28-18-22(38)33-19(24(39)40)13(9-41-23(18)33)10-42-25-29-30-31-32(25)2;/h3-8,17-18,23,34H,9-10H2,1-2H3,(H,26,35)(H,27,36)(H,28,37)(H,39,40);/q;+1/p-1/t17-,18-,23?;/m1./s1. The van der Waals surface area contributed by atoms with Crippen LogP contribution in [0.2, 0.25) is 0 Å². The monoisotopic (exact) mass is 634 g/mol. The van der Waals surface area contributed by atoms with E-state index < -0.39 is 46.6 Å². The molecule has 0 spiro atoms. The van der Waals surface area contributed by atoms with Crippen LogP contribution in [0.15, 0.2) is 57.7 Å². The number of H-pyrrole nitrogens is 1. The Morgan fingerprint density at radius 3 is 2.60 bits per heavy atom. The van der Waals surface area contributed by atoms with Crippen molar-refractivity contribution in [3.63, 3.8) is 0 Å². The summed E-state index contributed by atoms with van der Waals surface area (Å²) in [6, 6.07) is 4.27. The maximum atomic E-state index is 13.5. The summed E-state index contributed by atoms with van der Waals surface area (Å²) < 4.78 is 1.43. The number of aliphatic carboxylic acids is 1. The van der Waals surface area contributed by atoms with Gasteiger partial charge < -0.3 is 30.6 Å². The minimum absolute atomic E-state index is 0. The molecule has 2 aliphatic rings. The van der Waals surface area contributed by atoms with Crippen molar-refractivity contribution < 1.29 is 58.9 Å². The van der Waals surface area contributed by atoms with Crippen LogP contribution in [0.4, 0.5) is 0 Å². The Bertz CT molecular complexity index is 1680. The van der Waals surface area contributed by atoms with E-state index >= 15 is 0 Å². The third-order valence-corrected chi connectivity index (χ3v) is 9.00. The van der Waals surface area contributed by atoms with Gasteiger partial charge in [-0.3, -0.25) is 24.1 Å². The van der Waals surface area contributed by atoms with E-state index in [1.54, 1.807) is 14.0 Å². The number of thioether (sulfide) groups is 2.